The van der Waals surface area contributed by atoms with Crippen molar-refractivity contribution in [1.29, 1.82) is 0 Å². The summed E-state index contributed by atoms with van der Waals surface area (Å²) in [7, 11) is 0. The van der Waals surface area contributed by atoms with Crippen LogP contribution in [0, 0.1) is 0 Å². The van der Waals surface area contributed by atoms with Gasteiger partial charge in [-0.05, 0) is 77.4 Å². The summed E-state index contributed by atoms with van der Waals surface area (Å²) in [5.74, 6) is 0.359. The molecule has 2 aromatic carbocycles. The molecule has 0 saturated heterocycles. The van der Waals surface area contributed by atoms with E-state index in [0.717, 1.165) is 15.4 Å². The minimum Gasteiger partial charge on any atom is -0.443 e. The number of halogens is 1. The van der Waals surface area contributed by atoms with Crippen LogP contribution in [0.5, 0.6) is 0 Å². The summed E-state index contributed by atoms with van der Waals surface area (Å²) in [5.41, 5.74) is 1.50. The highest BCUT2D eigenvalue weighted by atomic mass is 79.9. The predicted octanol–water partition coefficient (Wildman–Crippen LogP) is 7.07. The van der Waals surface area contributed by atoms with Crippen molar-refractivity contribution in [1.82, 2.24) is 14.5 Å². The summed E-state index contributed by atoms with van der Waals surface area (Å²) in [6.45, 7) is 11.1. The minimum atomic E-state index is -0.696. The van der Waals surface area contributed by atoms with Crippen LogP contribution in [0.4, 0.5) is 15.4 Å². The maximum Gasteiger partial charge on any atom is 0.418 e. The Morgan fingerprint density at radius 2 is 1.67 bits per heavy atom. The second-order valence-electron chi connectivity index (χ2n) is 10.5. The van der Waals surface area contributed by atoms with Crippen LogP contribution < -0.4 is 4.90 Å². The Hall–Kier alpha value is -3.46. The van der Waals surface area contributed by atoms with Crippen molar-refractivity contribution in [2.45, 2.75) is 59.3 Å². The van der Waals surface area contributed by atoms with Crippen molar-refractivity contribution in [2.75, 3.05) is 4.90 Å². The number of hydrogen-bond donors (Lipinski definition) is 0. The van der Waals surface area contributed by atoms with E-state index in [-0.39, 0.29) is 6.54 Å². The van der Waals surface area contributed by atoms with Crippen LogP contribution in [0.15, 0.2) is 59.3 Å². The SMILES string of the molecule is CC(C)(C)OC(=O)N(Cc1ccc2ccn(C(=O)OC(C)(C)C)c2c1)c1cnc2ccc(Br)cc2n1. The number of hydrogen-bond acceptors (Lipinski definition) is 6. The average Bonchev–Trinajstić information content (AvgIpc) is 3.18. The highest BCUT2D eigenvalue weighted by molar-refractivity contribution is 9.10. The molecular weight excluding hydrogens is 524 g/mol. The number of fused-ring (bicyclic) bond motifs is 2. The van der Waals surface area contributed by atoms with Crippen LogP contribution in [-0.2, 0) is 16.0 Å². The molecule has 0 aliphatic rings. The summed E-state index contributed by atoms with van der Waals surface area (Å²) in [6.07, 6.45) is 2.22. The van der Waals surface area contributed by atoms with Gasteiger partial charge in [0.25, 0.3) is 0 Å². The van der Waals surface area contributed by atoms with Gasteiger partial charge in [0.1, 0.15) is 11.2 Å². The molecular formula is C27H29BrN4O4. The van der Waals surface area contributed by atoms with Gasteiger partial charge in [0.05, 0.1) is 29.3 Å². The normalized spacial score (nSPS) is 12.1. The van der Waals surface area contributed by atoms with Gasteiger partial charge < -0.3 is 9.47 Å². The molecule has 2 heterocycles. The van der Waals surface area contributed by atoms with E-state index in [9.17, 15) is 9.59 Å². The first-order valence-electron chi connectivity index (χ1n) is 11.6. The van der Waals surface area contributed by atoms with Gasteiger partial charge in [-0.3, -0.25) is 14.5 Å². The molecule has 0 saturated carbocycles. The average molecular weight is 553 g/mol. The Labute approximate surface area is 218 Å². The first-order valence-corrected chi connectivity index (χ1v) is 12.3. The molecule has 0 bridgehead atoms. The van der Waals surface area contributed by atoms with Gasteiger partial charge in [0, 0.05) is 16.1 Å². The second-order valence-corrected chi connectivity index (χ2v) is 11.4. The lowest BCUT2D eigenvalue weighted by Gasteiger charge is -2.27. The fourth-order valence-corrected chi connectivity index (χ4v) is 3.94. The van der Waals surface area contributed by atoms with Gasteiger partial charge >= 0.3 is 12.2 Å². The molecule has 4 rings (SSSR count). The number of benzene rings is 2. The molecule has 0 N–H and O–H groups in total. The molecule has 0 radical (unpaired) electrons. The zero-order valence-corrected chi connectivity index (χ0v) is 22.8. The van der Waals surface area contributed by atoms with Crippen molar-refractivity contribution in [3.05, 3.63) is 64.9 Å². The lowest BCUT2D eigenvalue weighted by molar-refractivity contribution is 0.0540. The van der Waals surface area contributed by atoms with E-state index in [1.54, 1.807) is 12.4 Å². The lowest BCUT2D eigenvalue weighted by Crippen LogP contribution is -2.37. The molecule has 4 aromatic rings. The van der Waals surface area contributed by atoms with Crippen LogP contribution in [0.2, 0.25) is 0 Å². The van der Waals surface area contributed by atoms with Crippen molar-refractivity contribution < 1.29 is 19.1 Å². The number of ether oxygens (including phenoxy) is 2. The molecule has 188 valence electrons. The van der Waals surface area contributed by atoms with Gasteiger partial charge in [0.2, 0.25) is 0 Å². The van der Waals surface area contributed by atoms with Crippen LogP contribution in [0.1, 0.15) is 47.1 Å². The highest BCUT2D eigenvalue weighted by Crippen LogP contribution is 2.25. The van der Waals surface area contributed by atoms with Gasteiger partial charge in [-0.2, -0.15) is 0 Å². The number of anilines is 1. The summed E-state index contributed by atoms with van der Waals surface area (Å²) in [6, 6.07) is 13.1. The van der Waals surface area contributed by atoms with Crippen molar-refractivity contribution in [3.8, 4) is 0 Å². The van der Waals surface area contributed by atoms with Gasteiger partial charge in [-0.1, -0.05) is 28.1 Å². The highest BCUT2D eigenvalue weighted by Gasteiger charge is 2.26. The lowest BCUT2D eigenvalue weighted by atomic mass is 10.1. The van der Waals surface area contributed by atoms with Gasteiger partial charge in [-0.25, -0.2) is 14.6 Å². The zero-order valence-electron chi connectivity index (χ0n) is 21.2. The number of amides is 1. The van der Waals surface area contributed by atoms with Crippen molar-refractivity contribution >= 4 is 55.9 Å². The first-order chi connectivity index (χ1) is 16.8. The Balaban J connectivity index is 1.73. The summed E-state index contributed by atoms with van der Waals surface area (Å²) in [4.78, 5) is 36.6. The van der Waals surface area contributed by atoms with E-state index in [1.807, 2.05) is 84.0 Å². The van der Waals surface area contributed by atoms with E-state index in [1.165, 1.54) is 9.47 Å². The number of rotatable bonds is 3. The zero-order chi connectivity index (χ0) is 26.3. The smallest absolute Gasteiger partial charge is 0.418 e. The van der Waals surface area contributed by atoms with Crippen LogP contribution in [0.25, 0.3) is 21.9 Å². The van der Waals surface area contributed by atoms with Gasteiger partial charge in [0.15, 0.2) is 5.82 Å². The molecule has 0 atom stereocenters. The fraction of sp³-hybridized carbons (Fsp3) is 0.333. The van der Waals surface area contributed by atoms with E-state index in [0.29, 0.717) is 22.4 Å². The maximum atomic E-state index is 13.3. The number of nitrogens with zero attached hydrogens (tertiary/aromatic N) is 4. The van der Waals surface area contributed by atoms with Crippen LogP contribution in [-0.4, -0.2) is 37.9 Å². The third-order valence-electron chi connectivity index (χ3n) is 5.07. The molecule has 0 spiro atoms. The molecule has 8 nitrogen and oxygen atoms in total. The Bertz CT molecular complexity index is 1450. The number of carbonyl (C=O) groups is 2. The predicted molar refractivity (Wildman–Crippen MR) is 143 cm³/mol. The van der Waals surface area contributed by atoms with E-state index >= 15 is 0 Å². The summed E-state index contributed by atoms with van der Waals surface area (Å²) >= 11 is 3.46. The Morgan fingerprint density at radius 1 is 0.944 bits per heavy atom. The van der Waals surface area contributed by atoms with Gasteiger partial charge in [-0.15, -0.1) is 0 Å². The standard InChI is InChI=1S/C27H29BrN4O4/c1-26(2,3)35-24(33)31-12-11-18-8-7-17(13-22(18)31)16-32(25(34)36-27(4,5)6)23-15-29-20-10-9-19(28)14-21(20)30-23/h7-15H,16H2,1-6H3. The molecule has 0 aliphatic heterocycles. The third kappa shape index (κ3) is 6.02. The molecule has 0 fully saturated rings. The molecule has 0 aliphatic carbocycles. The Kier molecular flexibility index (Phi) is 6.79. The van der Waals surface area contributed by atoms with Crippen LogP contribution in [0.3, 0.4) is 0 Å². The Morgan fingerprint density at radius 3 is 2.36 bits per heavy atom. The van der Waals surface area contributed by atoms with Crippen molar-refractivity contribution in [3.63, 3.8) is 0 Å². The van der Waals surface area contributed by atoms with E-state index < -0.39 is 23.4 Å². The second kappa shape index (κ2) is 9.54. The largest absolute Gasteiger partial charge is 0.443 e. The molecule has 36 heavy (non-hydrogen) atoms. The molecule has 9 heteroatoms. The van der Waals surface area contributed by atoms with E-state index in [4.69, 9.17) is 9.47 Å². The maximum absolute atomic E-state index is 13.3. The molecule has 2 aromatic heterocycles. The van der Waals surface area contributed by atoms with Crippen LogP contribution >= 0.6 is 15.9 Å². The summed E-state index contributed by atoms with van der Waals surface area (Å²) in [5, 5.41) is 0.878. The quantitative estimate of drug-likeness (QED) is 0.270. The molecule has 1 amide bonds. The number of carbonyl (C=O) groups excluding carboxylic acids is 2. The van der Waals surface area contributed by atoms with E-state index in [2.05, 4.69) is 25.9 Å². The topological polar surface area (TPSA) is 86.5 Å². The first kappa shape index (κ1) is 25.6. The van der Waals surface area contributed by atoms with Crippen molar-refractivity contribution in [2.24, 2.45) is 0 Å². The number of aromatic nitrogens is 3. The summed E-state index contributed by atoms with van der Waals surface area (Å²) < 4.78 is 13.6. The fourth-order valence-electron chi connectivity index (χ4n) is 3.59. The monoisotopic (exact) mass is 552 g/mol. The molecule has 0 unspecified atom stereocenters. The third-order valence-corrected chi connectivity index (χ3v) is 5.56. The minimum absolute atomic E-state index is 0.165.